The molecule has 0 unspecified atom stereocenters. The highest BCUT2D eigenvalue weighted by atomic mass is 32.2. The first-order valence-electron chi connectivity index (χ1n) is 13.5. The second-order valence-electron chi connectivity index (χ2n) is 9.74. The van der Waals surface area contributed by atoms with Crippen LogP contribution in [0.4, 0.5) is 15.9 Å². The van der Waals surface area contributed by atoms with Gasteiger partial charge in [-0.15, -0.1) is 0 Å². The molecule has 39 heavy (non-hydrogen) atoms. The number of rotatable bonds is 9. The summed E-state index contributed by atoms with van der Waals surface area (Å²) in [5, 5.41) is 9.83. The summed E-state index contributed by atoms with van der Waals surface area (Å²) in [6.45, 7) is 9.41. The third kappa shape index (κ3) is 6.04. The second kappa shape index (κ2) is 12.8. The first-order valence-corrected chi connectivity index (χ1v) is 14.7. The van der Waals surface area contributed by atoms with Crippen molar-refractivity contribution < 1.29 is 9.18 Å². The van der Waals surface area contributed by atoms with Crippen LogP contribution in [0, 0.1) is 24.1 Å². The first-order chi connectivity index (χ1) is 18.8. The summed E-state index contributed by atoms with van der Waals surface area (Å²) in [6, 6.07) is 8.55. The molecule has 3 heterocycles. The standard InChI is InChI=1S/C29H34FN5O2S2/c1-4-6-7-8-13-35-28(37)25(39-29(35)38)18-23-20(3)24(19-31)27(36)34(5-2)26(23)33-16-14-32(15-17-33)22-11-9-21(30)10-12-22/h9-12,18H,4-8,13-17H2,1-3H3. The van der Waals surface area contributed by atoms with Crippen LogP contribution in [0.1, 0.15) is 56.2 Å². The largest absolute Gasteiger partial charge is 0.368 e. The summed E-state index contributed by atoms with van der Waals surface area (Å²) in [5.41, 5.74) is 1.98. The van der Waals surface area contributed by atoms with Crippen LogP contribution in [0.25, 0.3) is 6.08 Å². The summed E-state index contributed by atoms with van der Waals surface area (Å²) >= 11 is 6.82. The van der Waals surface area contributed by atoms with Crippen molar-refractivity contribution in [3.63, 3.8) is 0 Å². The lowest BCUT2D eigenvalue weighted by Gasteiger charge is -2.39. The van der Waals surface area contributed by atoms with Crippen molar-refractivity contribution in [3.05, 3.63) is 62.0 Å². The number of carbonyl (C=O) groups excluding carboxylic acids is 1. The SMILES string of the molecule is CCCCCCN1C(=O)C(=Cc2c(C)c(C#N)c(=O)n(CC)c2N2CCN(c3ccc(F)cc3)CC2)SC1=S. The Balaban J connectivity index is 1.68. The zero-order valence-corrected chi connectivity index (χ0v) is 24.3. The van der Waals surface area contributed by atoms with Crippen molar-refractivity contribution in [2.75, 3.05) is 42.5 Å². The van der Waals surface area contributed by atoms with Gasteiger partial charge in [0, 0.05) is 50.5 Å². The molecule has 0 radical (unpaired) electrons. The summed E-state index contributed by atoms with van der Waals surface area (Å²) < 4.78 is 15.6. The van der Waals surface area contributed by atoms with E-state index in [1.165, 1.54) is 23.9 Å². The maximum atomic E-state index is 13.4. The number of hydrogen-bond acceptors (Lipinski definition) is 7. The Bertz CT molecular complexity index is 1370. The van der Waals surface area contributed by atoms with Gasteiger partial charge in [0.25, 0.3) is 11.5 Å². The molecule has 2 fully saturated rings. The smallest absolute Gasteiger partial charge is 0.270 e. The van der Waals surface area contributed by atoms with Crippen LogP contribution in [-0.2, 0) is 11.3 Å². The van der Waals surface area contributed by atoms with Crippen LogP contribution in [0.3, 0.4) is 0 Å². The molecule has 4 rings (SSSR count). The molecule has 206 valence electrons. The Labute approximate surface area is 238 Å². The Morgan fingerprint density at radius 3 is 2.33 bits per heavy atom. The minimum absolute atomic E-state index is 0.0897. The summed E-state index contributed by atoms with van der Waals surface area (Å²) in [7, 11) is 0. The Morgan fingerprint density at radius 2 is 1.72 bits per heavy atom. The molecule has 1 aromatic carbocycles. The number of nitrogens with zero attached hydrogens (tertiary/aromatic N) is 5. The first kappa shape index (κ1) is 28.8. The molecule has 0 bridgehead atoms. The number of carbonyl (C=O) groups is 1. The van der Waals surface area contributed by atoms with Crippen LogP contribution >= 0.6 is 24.0 Å². The Kier molecular flexibility index (Phi) is 9.46. The molecule has 7 nitrogen and oxygen atoms in total. The van der Waals surface area contributed by atoms with Gasteiger partial charge in [-0.25, -0.2) is 4.39 Å². The quantitative estimate of drug-likeness (QED) is 0.231. The monoisotopic (exact) mass is 567 g/mol. The number of thioether (sulfide) groups is 1. The van der Waals surface area contributed by atoms with Gasteiger partial charge in [-0.3, -0.25) is 19.1 Å². The fourth-order valence-electron chi connectivity index (χ4n) is 5.13. The Hall–Kier alpha value is -3.16. The van der Waals surface area contributed by atoms with Crippen LogP contribution < -0.4 is 15.4 Å². The lowest BCUT2D eigenvalue weighted by Crippen LogP contribution is -2.48. The van der Waals surface area contributed by atoms with Crippen molar-refractivity contribution in [2.24, 2.45) is 0 Å². The van der Waals surface area contributed by atoms with E-state index in [0.717, 1.165) is 31.4 Å². The lowest BCUT2D eigenvalue weighted by molar-refractivity contribution is -0.122. The fourth-order valence-corrected chi connectivity index (χ4v) is 6.42. The zero-order valence-electron chi connectivity index (χ0n) is 22.7. The normalized spacial score (nSPS) is 16.9. The number of thiocarbonyl (C=S) groups is 1. The molecule has 2 saturated heterocycles. The predicted octanol–water partition coefficient (Wildman–Crippen LogP) is 5.30. The molecular weight excluding hydrogens is 533 g/mol. The van der Waals surface area contributed by atoms with Crippen molar-refractivity contribution in [3.8, 4) is 6.07 Å². The minimum Gasteiger partial charge on any atom is -0.368 e. The molecule has 0 spiro atoms. The molecule has 0 aliphatic carbocycles. The molecule has 2 aliphatic heterocycles. The summed E-state index contributed by atoms with van der Waals surface area (Å²) in [5.74, 6) is 0.320. The van der Waals surface area contributed by atoms with E-state index in [1.807, 2.05) is 13.0 Å². The van der Waals surface area contributed by atoms with Gasteiger partial charge in [0.05, 0.1) is 4.91 Å². The number of halogens is 1. The summed E-state index contributed by atoms with van der Waals surface area (Å²) in [4.78, 5) is 33.2. The maximum Gasteiger partial charge on any atom is 0.270 e. The van der Waals surface area contributed by atoms with E-state index in [-0.39, 0.29) is 22.8 Å². The Morgan fingerprint density at radius 1 is 1.05 bits per heavy atom. The highest BCUT2D eigenvalue weighted by Crippen LogP contribution is 2.36. The second-order valence-corrected chi connectivity index (χ2v) is 11.4. The fraction of sp³-hybridized carbons (Fsp3) is 0.448. The highest BCUT2D eigenvalue weighted by molar-refractivity contribution is 8.26. The molecule has 0 N–H and O–H groups in total. The number of unbranched alkanes of at least 4 members (excludes halogenated alkanes) is 3. The number of pyridine rings is 1. The molecule has 1 amide bonds. The van der Waals surface area contributed by atoms with Crippen molar-refractivity contribution >= 4 is 51.8 Å². The number of anilines is 2. The van der Waals surface area contributed by atoms with E-state index in [2.05, 4.69) is 22.8 Å². The third-order valence-corrected chi connectivity index (χ3v) is 8.70. The highest BCUT2D eigenvalue weighted by Gasteiger charge is 2.33. The van der Waals surface area contributed by atoms with Gasteiger partial charge in [0.15, 0.2) is 0 Å². The van der Waals surface area contributed by atoms with E-state index in [0.29, 0.717) is 65.4 Å². The number of nitriles is 1. The van der Waals surface area contributed by atoms with Gasteiger partial charge in [0.1, 0.15) is 27.6 Å². The molecular formula is C29H34FN5O2S2. The van der Waals surface area contributed by atoms with Crippen molar-refractivity contribution in [1.29, 1.82) is 5.26 Å². The van der Waals surface area contributed by atoms with Crippen LogP contribution in [0.2, 0.25) is 0 Å². The molecule has 2 aromatic rings. The lowest BCUT2D eigenvalue weighted by atomic mass is 10.0. The van der Waals surface area contributed by atoms with Gasteiger partial charge in [0.2, 0.25) is 0 Å². The van der Waals surface area contributed by atoms with E-state index in [1.54, 1.807) is 28.5 Å². The van der Waals surface area contributed by atoms with E-state index in [4.69, 9.17) is 12.2 Å². The number of aromatic nitrogens is 1. The van der Waals surface area contributed by atoms with Gasteiger partial charge in [-0.2, -0.15) is 5.26 Å². The van der Waals surface area contributed by atoms with E-state index < -0.39 is 0 Å². The number of amides is 1. The zero-order chi connectivity index (χ0) is 28.1. The number of hydrogen-bond donors (Lipinski definition) is 0. The molecule has 2 aliphatic rings. The summed E-state index contributed by atoms with van der Waals surface area (Å²) in [6.07, 6.45) is 6.00. The van der Waals surface area contributed by atoms with Gasteiger partial charge >= 0.3 is 0 Å². The third-order valence-electron chi connectivity index (χ3n) is 7.32. The van der Waals surface area contributed by atoms with E-state index >= 15 is 0 Å². The molecule has 0 atom stereocenters. The van der Waals surface area contributed by atoms with Gasteiger partial charge < -0.3 is 9.80 Å². The average Bonchev–Trinajstić information content (AvgIpc) is 3.20. The minimum atomic E-state index is -0.325. The maximum absolute atomic E-state index is 13.4. The number of benzene rings is 1. The van der Waals surface area contributed by atoms with Crippen LogP contribution in [-0.4, -0.2) is 52.4 Å². The van der Waals surface area contributed by atoms with E-state index in [9.17, 15) is 19.2 Å². The predicted molar refractivity (Wildman–Crippen MR) is 161 cm³/mol. The molecule has 10 heteroatoms. The van der Waals surface area contributed by atoms with Crippen molar-refractivity contribution in [2.45, 2.75) is 53.0 Å². The van der Waals surface area contributed by atoms with Crippen LogP contribution in [0.15, 0.2) is 34.0 Å². The molecule has 1 aromatic heterocycles. The van der Waals surface area contributed by atoms with Crippen LogP contribution in [0.5, 0.6) is 0 Å². The van der Waals surface area contributed by atoms with Crippen molar-refractivity contribution in [1.82, 2.24) is 9.47 Å². The molecule has 0 saturated carbocycles. The average molecular weight is 568 g/mol. The topological polar surface area (TPSA) is 72.6 Å². The van der Waals surface area contributed by atoms with Gasteiger partial charge in [-0.05, 0) is 56.2 Å². The van der Waals surface area contributed by atoms with Gasteiger partial charge in [-0.1, -0.05) is 50.2 Å². The number of piperazine rings is 1.